The van der Waals surface area contributed by atoms with E-state index in [1.165, 1.54) is 23.8 Å². The van der Waals surface area contributed by atoms with Crippen LogP contribution >= 0.6 is 0 Å². The topological polar surface area (TPSA) is 42.8 Å². The Bertz CT molecular complexity index is 1340. The van der Waals surface area contributed by atoms with Gasteiger partial charge in [0.2, 0.25) is 6.79 Å². The van der Waals surface area contributed by atoms with Crippen molar-refractivity contribution in [2.45, 2.75) is 19.6 Å². The van der Waals surface area contributed by atoms with Gasteiger partial charge in [-0.05, 0) is 42.0 Å². The Morgan fingerprint density at radius 2 is 1.46 bits per heavy atom. The van der Waals surface area contributed by atoms with Gasteiger partial charge in [0.05, 0.1) is 24.1 Å². The van der Waals surface area contributed by atoms with Gasteiger partial charge in [-0.2, -0.15) is 0 Å². The molecule has 0 aliphatic carbocycles. The molecule has 3 aromatic carbocycles. The number of ether oxygens (including phenoxy) is 2. The van der Waals surface area contributed by atoms with Crippen molar-refractivity contribution in [3.63, 3.8) is 0 Å². The van der Waals surface area contributed by atoms with E-state index in [9.17, 15) is 8.78 Å². The van der Waals surface area contributed by atoms with Crippen molar-refractivity contribution in [3.8, 4) is 11.5 Å². The third kappa shape index (κ3) is 4.47. The van der Waals surface area contributed by atoms with Gasteiger partial charge in [0, 0.05) is 38.3 Å². The molecule has 0 radical (unpaired) electrons. The number of fused-ring (bicyclic) bond motifs is 2. The van der Waals surface area contributed by atoms with Crippen molar-refractivity contribution < 1.29 is 18.3 Å². The van der Waals surface area contributed by atoms with E-state index in [-0.39, 0.29) is 18.9 Å². The standard InChI is InChI=1S/C27H26F2N4O2/c28-21-4-3-5-22(29)20(21)16-33-24-7-2-1-6-23(24)30-27(33)17-32-12-10-31(11-13-32)15-19-8-9-25-26(14-19)35-18-34-25/h1-9,14H,10-13,15-18H2. The predicted octanol–water partition coefficient (Wildman–Crippen LogP) is 4.41. The van der Waals surface area contributed by atoms with Crippen LogP contribution in [0.4, 0.5) is 8.78 Å². The summed E-state index contributed by atoms with van der Waals surface area (Å²) in [4.78, 5) is 9.59. The van der Waals surface area contributed by atoms with E-state index in [0.29, 0.717) is 6.54 Å². The number of halogens is 2. The molecule has 4 aromatic rings. The van der Waals surface area contributed by atoms with Crippen LogP contribution < -0.4 is 9.47 Å². The molecule has 180 valence electrons. The summed E-state index contributed by atoms with van der Waals surface area (Å²) in [6.07, 6.45) is 0. The lowest BCUT2D eigenvalue weighted by Gasteiger charge is -2.34. The molecule has 6 rings (SSSR count). The minimum atomic E-state index is -0.536. The fourth-order valence-electron chi connectivity index (χ4n) is 4.87. The average Bonchev–Trinajstić information content (AvgIpc) is 3.47. The minimum Gasteiger partial charge on any atom is -0.454 e. The number of rotatable bonds is 6. The smallest absolute Gasteiger partial charge is 0.231 e. The maximum absolute atomic E-state index is 14.4. The zero-order valence-corrected chi connectivity index (χ0v) is 19.3. The summed E-state index contributed by atoms with van der Waals surface area (Å²) in [5, 5.41) is 0. The Labute approximate surface area is 202 Å². The van der Waals surface area contributed by atoms with Crippen molar-refractivity contribution in [2.24, 2.45) is 0 Å². The molecular weight excluding hydrogens is 450 g/mol. The average molecular weight is 477 g/mol. The molecule has 0 spiro atoms. The fourth-order valence-corrected chi connectivity index (χ4v) is 4.87. The maximum atomic E-state index is 14.4. The van der Waals surface area contributed by atoms with Gasteiger partial charge in [-0.3, -0.25) is 9.80 Å². The number of para-hydroxylation sites is 2. The second kappa shape index (κ2) is 9.28. The molecule has 1 saturated heterocycles. The zero-order chi connectivity index (χ0) is 23.8. The van der Waals surface area contributed by atoms with Crippen LogP contribution in [0, 0.1) is 11.6 Å². The Kier molecular flexibility index (Phi) is 5.83. The molecule has 8 heteroatoms. The summed E-state index contributed by atoms with van der Waals surface area (Å²) in [6.45, 7) is 5.51. The van der Waals surface area contributed by atoms with Crippen LogP contribution in [0.1, 0.15) is 17.0 Å². The van der Waals surface area contributed by atoms with Crippen LogP contribution in [0.5, 0.6) is 11.5 Å². The first-order chi connectivity index (χ1) is 17.1. The fraction of sp³-hybridized carbons (Fsp3) is 0.296. The van der Waals surface area contributed by atoms with Crippen molar-refractivity contribution in [1.29, 1.82) is 0 Å². The summed E-state index contributed by atoms with van der Waals surface area (Å²) < 4.78 is 41.7. The molecule has 2 aliphatic rings. The lowest BCUT2D eigenvalue weighted by molar-refractivity contribution is 0.119. The summed E-state index contributed by atoms with van der Waals surface area (Å²) in [7, 11) is 0. The second-order valence-corrected chi connectivity index (χ2v) is 9.04. The minimum absolute atomic E-state index is 0.0606. The number of imidazole rings is 1. The van der Waals surface area contributed by atoms with Gasteiger partial charge < -0.3 is 14.0 Å². The summed E-state index contributed by atoms with van der Waals surface area (Å²) in [5.41, 5.74) is 2.98. The van der Waals surface area contributed by atoms with Crippen LogP contribution in [0.3, 0.4) is 0 Å². The highest BCUT2D eigenvalue weighted by atomic mass is 19.1. The zero-order valence-electron chi connectivity index (χ0n) is 19.3. The third-order valence-corrected chi connectivity index (χ3v) is 6.78. The van der Waals surface area contributed by atoms with Crippen LogP contribution in [-0.2, 0) is 19.6 Å². The normalized spacial score (nSPS) is 16.3. The van der Waals surface area contributed by atoms with Gasteiger partial charge in [0.25, 0.3) is 0 Å². The number of piperazine rings is 1. The molecule has 6 nitrogen and oxygen atoms in total. The van der Waals surface area contributed by atoms with Gasteiger partial charge in [-0.25, -0.2) is 13.8 Å². The molecule has 0 bridgehead atoms. The van der Waals surface area contributed by atoms with E-state index in [1.54, 1.807) is 0 Å². The Morgan fingerprint density at radius 1 is 0.743 bits per heavy atom. The van der Waals surface area contributed by atoms with Crippen LogP contribution in [0.15, 0.2) is 60.7 Å². The summed E-state index contributed by atoms with van der Waals surface area (Å²) in [6, 6.07) is 17.9. The van der Waals surface area contributed by atoms with E-state index in [4.69, 9.17) is 14.5 Å². The highest BCUT2D eigenvalue weighted by Gasteiger charge is 2.22. The van der Waals surface area contributed by atoms with Gasteiger partial charge in [0.1, 0.15) is 17.5 Å². The maximum Gasteiger partial charge on any atom is 0.231 e. The molecule has 1 aromatic heterocycles. The summed E-state index contributed by atoms with van der Waals surface area (Å²) >= 11 is 0. The Morgan fingerprint density at radius 3 is 2.26 bits per heavy atom. The largest absolute Gasteiger partial charge is 0.454 e. The van der Waals surface area contributed by atoms with E-state index < -0.39 is 11.6 Å². The second-order valence-electron chi connectivity index (χ2n) is 9.04. The number of benzene rings is 3. The van der Waals surface area contributed by atoms with Gasteiger partial charge in [-0.1, -0.05) is 24.3 Å². The molecule has 0 amide bonds. The van der Waals surface area contributed by atoms with Crippen LogP contribution in [0.25, 0.3) is 11.0 Å². The van der Waals surface area contributed by atoms with Gasteiger partial charge >= 0.3 is 0 Å². The first kappa shape index (κ1) is 22.0. The van der Waals surface area contributed by atoms with Crippen molar-refractivity contribution in [1.82, 2.24) is 19.4 Å². The van der Waals surface area contributed by atoms with Crippen molar-refractivity contribution in [2.75, 3.05) is 33.0 Å². The molecule has 2 aliphatic heterocycles. The van der Waals surface area contributed by atoms with Crippen molar-refractivity contribution in [3.05, 3.63) is 89.2 Å². The third-order valence-electron chi connectivity index (χ3n) is 6.78. The SMILES string of the molecule is Fc1cccc(F)c1Cn1c(CN2CCN(Cc3ccc4c(c3)OCO4)CC2)nc2ccccc21. The Balaban J connectivity index is 1.16. The molecule has 1 fully saturated rings. The lowest BCUT2D eigenvalue weighted by atomic mass is 10.1. The molecule has 0 unspecified atom stereocenters. The number of hydrogen-bond acceptors (Lipinski definition) is 5. The van der Waals surface area contributed by atoms with E-state index >= 15 is 0 Å². The molecule has 3 heterocycles. The highest BCUT2D eigenvalue weighted by molar-refractivity contribution is 5.76. The van der Waals surface area contributed by atoms with E-state index in [0.717, 1.165) is 61.1 Å². The van der Waals surface area contributed by atoms with Crippen LogP contribution in [0.2, 0.25) is 0 Å². The number of nitrogens with zero attached hydrogens (tertiary/aromatic N) is 4. The van der Waals surface area contributed by atoms with E-state index in [1.807, 2.05) is 34.9 Å². The molecule has 0 N–H and O–H groups in total. The molecule has 35 heavy (non-hydrogen) atoms. The molecule has 0 atom stereocenters. The van der Waals surface area contributed by atoms with Crippen LogP contribution in [-0.4, -0.2) is 52.3 Å². The number of aromatic nitrogens is 2. The monoisotopic (exact) mass is 476 g/mol. The summed E-state index contributed by atoms with van der Waals surface area (Å²) in [5.74, 6) is 1.36. The first-order valence-corrected chi connectivity index (χ1v) is 11.8. The van der Waals surface area contributed by atoms with Gasteiger partial charge in [-0.15, -0.1) is 0 Å². The quantitative estimate of drug-likeness (QED) is 0.413. The first-order valence-electron chi connectivity index (χ1n) is 11.8. The lowest BCUT2D eigenvalue weighted by Crippen LogP contribution is -2.45. The molecule has 0 saturated carbocycles. The number of hydrogen-bond donors (Lipinski definition) is 0. The van der Waals surface area contributed by atoms with E-state index in [2.05, 4.69) is 21.9 Å². The Hall–Kier alpha value is -3.49. The predicted molar refractivity (Wildman–Crippen MR) is 128 cm³/mol. The highest BCUT2D eigenvalue weighted by Crippen LogP contribution is 2.33. The van der Waals surface area contributed by atoms with Gasteiger partial charge in [0.15, 0.2) is 11.5 Å². The molecular formula is C27H26F2N4O2. The van der Waals surface area contributed by atoms with Crippen molar-refractivity contribution >= 4 is 11.0 Å².